The van der Waals surface area contributed by atoms with Gasteiger partial charge in [-0.3, -0.25) is 10.1 Å². The summed E-state index contributed by atoms with van der Waals surface area (Å²) in [6.07, 6.45) is -1.11. The van der Waals surface area contributed by atoms with Gasteiger partial charge in [-0.05, 0) is 0 Å². The molecule has 2 heterocycles. The number of rotatable bonds is 1. The molecule has 8 heteroatoms. The molecule has 0 aromatic rings. The molecule has 0 bridgehead atoms. The molecule has 1 saturated heterocycles. The first kappa shape index (κ1) is 7.65. The summed E-state index contributed by atoms with van der Waals surface area (Å²) in [7, 11) is 0. The molecule has 1 radical (unpaired) electrons. The van der Waals surface area contributed by atoms with Crippen molar-refractivity contribution in [3.8, 4) is 0 Å². The van der Waals surface area contributed by atoms with Crippen LogP contribution >= 0.6 is 0 Å². The molecule has 2 N–H and O–H groups in total. The van der Waals surface area contributed by atoms with Gasteiger partial charge >= 0.3 is 18.4 Å². The summed E-state index contributed by atoms with van der Waals surface area (Å²) >= 11 is 0. The number of urea groups is 1. The summed E-state index contributed by atoms with van der Waals surface area (Å²) in [5, 5.41) is 10.4. The van der Waals surface area contributed by atoms with Gasteiger partial charge in [0.25, 0.3) is 5.91 Å². The lowest BCUT2D eigenvalue weighted by Crippen LogP contribution is -2.35. The average Bonchev–Trinajstić information content (AvgIpc) is 2.58. The van der Waals surface area contributed by atoms with Crippen LogP contribution in [0.3, 0.4) is 0 Å². The van der Waals surface area contributed by atoms with E-state index in [1.54, 1.807) is 0 Å². The lowest BCUT2D eigenvalue weighted by molar-refractivity contribution is -0.120. The van der Waals surface area contributed by atoms with Crippen molar-refractivity contribution >= 4 is 18.0 Å². The maximum Gasteiger partial charge on any atom is 0.454 e. The Kier molecular flexibility index (Phi) is 1.47. The fourth-order valence-corrected chi connectivity index (χ4v) is 0.928. The lowest BCUT2D eigenvalue weighted by atomic mass is 10.3. The smallest absolute Gasteiger partial charge is 0.407 e. The molecule has 2 aliphatic rings. The quantitative estimate of drug-likeness (QED) is 0.523. The summed E-state index contributed by atoms with van der Waals surface area (Å²) in [6.45, 7) is 0. The van der Waals surface area contributed by atoms with Gasteiger partial charge in [0.2, 0.25) is 0 Å². The van der Waals surface area contributed by atoms with E-state index in [1.165, 1.54) is 0 Å². The first-order valence-electron chi connectivity index (χ1n) is 3.28. The second-order valence-electron chi connectivity index (χ2n) is 2.30. The molecular weight excluding hydrogens is 180 g/mol. The van der Waals surface area contributed by atoms with Gasteiger partial charge in [-0.25, -0.2) is 9.59 Å². The van der Waals surface area contributed by atoms with Crippen molar-refractivity contribution in [2.24, 2.45) is 10.2 Å². The van der Waals surface area contributed by atoms with Crippen molar-refractivity contribution in [1.82, 2.24) is 10.6 Å². The first-order valence-corrected chi connectivity index (χ1v) is 3.28. The molecule has 67 valence electrons. The highest BCUT2D eigenvalue weighted by molar-refractivity contribution is 6.05. The van der Waals surface area contributed by atoms with E-state index in [0.717, 1.165) is 0 Å². The van der Waals surface area contributed by atoms with E-state index in [1.807, 2.05) is 5.32 Å². The van der Waals surface area contributed by atoms with Crippen LogP contribution in [0.15, 0.2) is 10.2 Å². The minimum atomic E-state index is -1.05. The molecule has 13 heavy (non-hydrogen) atoms. The number of carbonyl (C=O) groups excluding carboxylic acids is 3. The van der Waals surface area contributed by atoms with Crippen LogP contribution in [0.1, 0.15) is 0 Å². The molecule has 4 amide bonds. The largest absolute Gasteiger partial charge is 0.454 e. The minimum absolute atomic E-state index is 0.214. The normalized spacial score (nSPS) is 27.4. The highest BCUT2D eigenvalue weighted by atomic mass is 16.6. The summed E-state index contributed by atoms with van der Waals surface area (Å²) < 4.78 is 4.43. The van der Waals surface area contributed by atoms with E-state index in [-0.39, 0.29) is 6.23 Å². The maximum absolute atomic E-state index is 11.0. The maximum atomic E-state index is 11.0. The number of hydrogen-bond acceptors (Lipinski definition) is 5. The molecule has 0 aromatic heterocycles. The van der Waals surface area contributed by atoms with Gasteiger partial charge in [-0.2, -0.15) is 0 Å². The van der Waals surface area contributed by atoms with Gasteiger partial charge in [0.15, 0.2) is 6.04 Å². The highest BCUT2D eigenvalue weighted by Gasteiger charge is 2.42. The van der Waals surface area contributed by atoms with Crippen molar-refractivity contribution in [3.05, 3.63) is 6.23 Å². The molecule has 1 fully saturated rings. The molecule has 0 aromatic carbocycles. The monoisotopic (exact) mass is 183 g/mol. The fraction of sp³-hybridized carbons (Fsp3) is 0.200. The van der Waals surface area contributed by atoms with Gasteiger partial charge in [0.05, 0.1) is 0 Å². The van der Waals surface area contributed by atoms with Crippen molar-refractivity contribution in [1.29, 1.82) is 0 Å². The number of imide groups is 1. The summed E-state index contributed by atoms with van der Waals surface area (Å²) in [6, 6.07) is -1.71. The Labute approximate surface area is 71.3 Å². The van der Waals surface area contributed by atoms with Crippen LogP contribution in [-0.4, -0.2) is 24.1 Å². The Balaban J connectivity index is 2.10. The number of carbonyl (C=O) groups is 3. The number of hydrogen-bond donors (Lipinski definition) is 2. The molecule has 0 spiro atoms. The Morgan fingerprint density at radius 1 is 1.23 bits per heavy atom. The summed E-state index contributed by atoms with van der Waals surface area (Å²) in [5.41, 5.74) is 0. The third-order valence-corrected chi connectivity index (χ3v) is 1.44. The van der Waals surface area contributed by atoms with Gasteiger partial charge in [0, 0.05) is 0 Å². The van der Waals surface area contributed by atoms with Gasteiger partial charge in [0.1, 0.15) is 0 Å². The topological polar surface area (TPSA) is 109 Å². The number of azo groups is 1. The minimum Gasteiger partial charge on any atom is -0.407 e. The Bertz CT molecular complexity index is 324. The number of nitrogens with one attached hydrogen (secondary N) is 2. The third kappa shape index (κ3) is 1.21. The zero-order valence-corrected chi connectivity index (χ0v) is 6.10. The Morgan fingerprint density at radius 3 is 2.46 bits per heavy atom. The van der Waals surface area contributed by atoms with Crippen molar-refractivity contribution in [2.75, 3.05) is 0 Å². The van der Waals surface area contributed by atoms with Crippen LogP contribution in [0.2, 0.25) is 0 Å². The molecule has 0 saturated carbocycles. The Hall–Kier alpha value is -1.99. The predicted octanol–water partition coefficient (Wildman–Crippen LogP) is -0.714. The van der Waals surface area contributed by atoms with Crippen LogP contribution in [0, 0.1) is 6.23 Å². The standard InChI is InChI=1S/C5H3N4O4/c10-2-1(6-4(11)7-2)3-8-9-5(12)13-3/h1H,(H2,6,7,10,11). The van der Waals surface area contributed by atoms with E-state index in [4.69, 9.17) is 0 Å². The number of cyclic esters (lactones) is 1. The lowest BCUT2D eigenvalue weighted by Gasteiger charge is -2.07. The Morgan fingerprint density at radius 2 is 2.00 bits per heavy atom. The number of amides is 4. The van der Waals surface area contributed by atoms with Crippen molar-refractivity contribution in [2.45, 2.75) is 6.04 Å². The van der Waals surface area contributed by atoms with E-state index in [0.29, 0.717) is 0 Å². The van der Waals surface area contributed by atoms with Gasteiger partial charge < -0.3 is 10.1 Å². The van der Waals surface area contributed by atoms with Gasteiger partial charge in [-0.1, -0.05) is 5.11 Å². The second kappa shape index (κ2) is 2.51. The molecule has 2 rings (SSSR count). The van der Waals surface area contributed by atoms with E-state index in [9.17, 15) is 14.4 Å². The molecule has 1 atom stereocenters. The fourth-order valence-electron chi connectivity index (χ4n) is 0.928. The van der Waals surface area contributed by atoms with Crippen LogP contribution in [0.4, 0.5) is 9.59 Å². The molecule has 1 unspecified atom stereocenters. The zero-order valence-electron chi connectivity index (χ0n) is 6.10. The predicted molar refractivity (Wildman–Crippen MR) is 35.0 cm³/mol. The van der Waals surface area contributed by atoms with E-state index in [2.05, 4.69) is 20.3 Å². The summed E-state index contributed by atoms with van der Waals surface area (Å²) in [5.74, 6) is -0.617. The van der Waals surface area contributed by atoms with Crippen molar-refractivity contribution in [3.63, 3.8) is 0 Å². The third-order valence-electron chi connectivity index (χ3n) is 1.44. The summed E-state index contributed by atoms with van der Waals surface area (Å²) in [4.78, 5) is 32.1. The zero-order chi connectivity index (χ0) is 9.42. The highest BCUT2D eigenvalue weighted by Crippen LogP contribution is 2.20. The van der Waals surface area contributed by atoms with Gasteiger partial charge in [-0.15, -0.1) is 5.11 Å². The number of ether oxygens (including phenoxy) is 1. The second-order valence-corrected chi connectivity index (χ2v) is 2.30. The average molecular weight is 183 g/mol. The molecule has 2 aliphatic heterocycles. The van der Waals surface area contributed by atoms with Crippen LogP contribution in [0.5, 0.6) is 0 Å². The van der Waals surface area contributed by atoms with E-state index < -0.39 is 24.1 Å². The molecule has 8 nitrogen and oxygen atoms in total. The SMILES string of the molecule is O=C1NC(=O)C([C]2N=NC(=O)O2)N1. The molecule has 0 aliphatic carbocycles. The van der Waals surface area contributed by atoms with E-state index >= 15 is 0 Å². The van der Waals surface area contributed by atoms with Crippen LogP contribution in [-0.2, 0) is 9.53 Å². The van der Waals surface area contributed by atoms with Crippen LogP contribution in [0.25, 0.3) is 0 Å². The first-order chi connectivity index (χ1) is 6.16. The number of nitrogens with zero attached hydrogens (tertiary/aromatic N) is 2. The van der Waals surface area contributed by atoms with Crippen molar-refractivity contribution < 1.29 is 19.1 Å². The van der Waals surface area contributed by atoms with Crippen LogP contribution < -0.4 is 10.6 Å². The molecular formula is C5H3N4O4.